The topological polar surface area (TPSA) is 15.3 Å². The molecule has 112 valence electrons. The van der Waals surface area contributed by atoms with Crippen molar-refractivity contribution in [1.29, 1.82) is 0 Å². The van der Waals surface area contributed by atoms with E-state index in [0.29, 0.717) is 5.92 Å². The number of nitrogens with zero attached hydrogens (tertiary/aromatic N) is 1. The molecular weight excluding hydrogens is 251 g/mol. The van der Waals surface area contributed by atoms with Gasteiger partial charge >= 0.3 is 0 Å². The van der Waals surface area contributed by atoms with E-state index in [2.05, 4.69) is 24.1 Å². The summed E-state index contributed by atoms with van der Waals surface area (Å²) in [5.74, 6) is 1.26. The minimum Gasteiger partial charge on any atom is -0.372 e. The Morgan fingerprint density at radius 3 is 2.70 bits per heavy atom. The molecule has 0 aromatic heterocycles. The molecule has 0 unspecified atom stereocenters. The van der Waals surface area contributed by atoms with E-state index in [1.165, 1.54) is 19.3 Å². The van der Waals surface area contributed by atoms with Crippen molar-refractivity contribution in [3.8, 4) is 0 Å². The standard InChI is InChI=1S/C17H27FN2/c1-13(2)10-19-11-15-8-5-9-16(18)17(15)20(3)12-14-6-4-7-14/h5,8-9,13-14,19H,4,6-7,10-12H2,1-3H3. The molecule has 1 N–H and O–H groups in total. The van der Waals surface area contributed by atoms with Gasteiger partial charge in [0.15, 0.2) is 0 Å². The van der Waals surface area contributed by atoms with E-state index < -0.39 is 0 Å². The number of para-hydroxylation sites is 1. The lowest BCUT2D eigenvalue weighted by molar-refractivity contribution is 0.320. The molecular formula is C17H27FN2. The molecule has 1 aromatic carbocycles. The van der Waals surface area contributed by atoms with Crippen LogP contribution in [0.5, 0.6) is 0 Å². The van der Waals surface area contributed by atoms with Crippen LogP contribution in [0.25, 0.3) is 0 Å². The van der Waals surface area contributed by atoms with E-state index in [1.807, 2.05) is 19.2 Å². The van der Waals surface area contributed by atoms with Crippen LogP contribution in [0.1, 0.15) is 38.7 Å². The largest absolute Gasteiger partial charge is 0.372 e. The Labute approximate surface area is 122 Å². The lowest BCUT2D eigenvalue weighted by atomic mass is 9.85. The van der Waals surface area contributed by atoms with Crippen molar-refractivity contribution in [2.45, 2.75) is 39.7 Å². The maximum absolute atomic E-state index is 14.2. The maximum Gasteiger partial charge on any atom is 0.146 e. The summed E-state index contributed by atoms with van der Waals surface area (Å²) in [6.07, 6.45) is 3.91. The van der Waals surface area contributed by atoms with Crippen molar-refractivity contribution in [1.82, 2.24) is 5.32 Å². The van der Waals surface area contributed by atoms with Crippen LogP contribution in [0.4, 0.5) is 10.1 Å². The summed E-state index contributed by atoms with van der Waals surface area (Å²) in [5, 5.41) is 3.41. The zero-order valence-corrected chi connectivity index (χ0v) is 13.0. The molecule has 0 saturated heterocycles. The van der Waals surface area contributed by atoms with E-state index in [0.717, 1.165) is 36.8 Å². The fourth-order valence-corrected chi connectivity index (χ4v) is 2.78. The molecule has 0 heterocycles. The van der Waals surface area contributed by atoms with Gasteiger partial charge in [-0.2, -0.15) is 0 Å². The summed E-state index contributed by atoms with van der Waals surface area (Å²) >= 11 is 0. The SMILES string of the molecule is CC(C)CNCc1cccc(F)c1N(C)CC1CCC1. The van der Waals surface area contributed by atoms with E-state index >= 15 is 0 Å². The normalized spacial score (nSPS) is 15.4. The highest BCUT2D eigenvalue weighted by molar-refractivity contribution is 5.54. The molecule has 1 aliphatic rings. The second-order valence-corrected chi connectivity index (χ2v) is 6.45. The Morgan fingerprint density at radius 1 is 1.35 bits per heavy atom. The predicted octanol–water partition coefficient (Wildman–Crippen LogP) is 3.81. The van der Waals surface area contributed by atoms with Crippen LogP contribution in [-0.2, 0) is 6.54 Å². The number of nitrogens with one attached hydrogen (secondary N) is 1. The molecule has 1 aromatic rings. The number of benzene rings is 1. The van der Waals surface area contributed by atoms with Gasteiger partial charge in [0.05, 0.1) is 5.69 Å². The van der Waals surface area contributed by atoms with Gasteiger partial charge in [-0.25, -0.2) is 4.39 Å². The second kappa shape index (κ2) is 7.07. The van der Waals surface area contributed by atoms with Crippen LogP contribution in [-0.4, -0.2) is 20.1 Å². The van der Waals surface area contributed by atoms with Crippen molar-refractivity contribution in [2.24, 2.45) is 11.8 Å². The number of hydrogen-bond donors (Lipinski definition) is 1. The zero-order valence-electron chi connectivity index (χ0n) is 13.0. The first-order valence-electron chi connectivity index (χ1n) is 7.77. The molecule has 2 rings (SSSR count). The lowest BCUT2D eigenvalue weighted by Gasteiger charge is -2.32. The van der Waals surface area contributed by atoms with Crippen molar-refractivity contribution in [3.05, 3.63) is 29.6 Å². The first kappa shape index (κ1) is 15.3. The highest BCUT2D eigenvalue weighted by Gasteiger charge is 2.21. The van der Waals surface area contributed by atoms with Gasteiger partial charge in [0, 0.05) is 20.1 Å². The summed E-state index contributed by atoms with van der Waals surface area (Å²) in [6, 6.07) is 5.41. The van der Waals surface area contributed by atoms with Crippen molar-refractivity contribution in [2.75, 3.05) is 25.0 Å². The molecule has 0 aliphatic heterocycles. The van der Waals surface area contributed by atoms with Gasteiger partial charge in [-0.1, -0.05) is 32.4 Å². The Bertz CT molecular complexity index is 427. The Hall–Kier alpha value is -1.09. The molecule has 0 spiro atoms. The van der Waals surface area contributed by atoms with E-state index in [1.54, 1.807) is 6.07 Å². The third kappa shape index (κ3) is 3.95. The first-order chi connectivity index (χ1) is 9.58. The average Bonchev–Trinajstić information content (AvgIpc) is 2.33. The third-order valence-corrected chi connectivity index (χ3v) is 4.08. The molecule has 0 amide bonds. The molecule has 20 heavy (non-hydrogen) atoms. The Balaban J connectivity index is 2.04. The minimum atomic E-state index is -0.101. The van der Waals surface area contributed by atoms with Gasteiger partial charge < -0.3 is 10.2 Å². The van der Waals surface area contributed by atoms with Gasteiger partial charge in [-0.3, -0.25) is 0 Å². The molecule has 0 atom stereocenters. The number of halogens is 1. The monoisotopic (exact) mass is 278 g/mol. The van der Waals surface area contributed by atoms with E-state index in [9.17, 15) is 4.39 Å². The van der Waals surface area contributed by atoms with Crippen LogP contribution in [0.15, 0.2) is 18.2 Å². The van der Waals surface area contributed by atoms with Gasteiger partial charge in [-0.15, -0.1) is 0 Å². The average molecular weight is 278 g/mol. The summed E-state index contributed by atoms with van der Waals surface area (Å²) in [7, 11) is 2.02. The lowest BCUT2D eigenvalue weighted by Crippen LogP contribution is -2.31. The van der Waals surface area contributed by atoms with Crippen LogP contribution < -0.4 is 10.2 Å². The van der Waals surface area contributed by atoms with Gasteiger partial charge in [0.2, 0.25) is 0 Å². The summed E-state index contributed by atoms with van der Waals surface area (Å²) in [5.41, 5.74) is 1.84. The van der Waals surface area contributed by atoms with E-state index in [4.69, 9.17) is 0 Å². The zero-order chi connectivity index (χ0) is 14.5. The van der Waals surface area contributed by atoms with Crippen molar-refractivity contribution < 1.29 is 4.39 Å². The Morgan fingerprint density at radius 2 is 2.10 bits per heavy atom. The third-order valence-electron chi connectivity index (χ3n) is 4.08. The minimum absolute atomic E-state index is 0.101. The number of hydrogen-bond acceptors (Lipinski definition) is 2. The fourth-order valence-electron chi connectivity index (χ4n) is 2.78. The van der Waals surface area contributed by atoms with Gasteiger partial charge in [-0.05, 0) is 42.9 Å². The van der Waals surface area contributed by atoms with Crippen LogP contribution in [0, 0.1) is 17.7 Å². The highest BCUT2D eigenvalue weighted by atomic mass is 19.1. The molecule has 1 fully saturated rings. The molecule has 3 heteroatoms. The maximum atomic E-state index is 14.2. The number of rotatable bonds is 7. The summed E-state index contributed by atoms with van der Waals surface area (Å²) in [6.45, 7) is 7.03. The number of anilines is 1. The molecule has 2 nitrogen and oxygen atoms in total. The highest BCUT2D eigenvalue weighted by Crippen LogP contribution is 2.30. The smallest absolute Gasteiger partial charge is 0.146 e. The van der Waals surface area contributed by atoms with Crippen molar-refractivity contribution >= 4 is 5.69 Å². The van der Waals surface area contributed by atoms with Crippen LogP contribution >= 0.6 is 0 Å². The summed E-state index contributed by atoms with van der Waals surface area (Å²) in [4.78, 5) is 2.10. The molecule has 1 saturated carbocycles. The molecule has 0 bridgehead atoms. The van der Waals surface area contributed by atoms with Crippen molar-refractivity contribution in [3.63, 3.8) is 0 Å². The second-order valence-electron chi connectivity index (χ2n) is 6.45. The van der Waals surface area contributed by atoms with Crippen LogP contribution in [0.2, 0.25) is 0 Å². The molecule has 0 radical (unpaired) electrons. The van der Waals surface area contributed by atoms with Gasteiger partial charge in [0.1, 0.15) is 5.82 Å². The fraction of sp³-hybridized carbons (Fsp3) is 0.647. The predicted molar refractivity (Wildman–Crippen MR) is 83.6 cm³/mol. The quantitative estimate of drug-likeness (QED) is 0.816. The Kier molecular flexibility index (Phi) is 5.41. The molecule has 1 aliphatic carbocycles. The van der Waals surface area contributed by atoms with E-state index in [-0.39, 0.29) is 5.82 Å². The van der Waals surface area contributed by atoms with Crippen LogP contribution in [0.3, 0.4) is 0 Å². The summed E-state index contributed by atoms with van der Waals surface area (Å²) < 4.78 is 14.2. The van der Waals surface area contributed by atoms with Gasteiger partial charge in [0.25, 0.3) is 0 Å². The first-order valence-corrected chi connectivity index (χ1v) is 7.77.